The smallest absolute Gasteiger partial charge is 0.286 e. The summed E-state index contributed by atoms with van der Waals surface area (Å²) in [7, 11) is 0. The summed E-state index contributed by atoms with van der Waals surface area (Å²) in [5.74, 6) is -4.56. The first kappa shape index (κ1) is 33.1. The summed E-state index contributed by atoms with van der Waals surface area (Å²) in [5, 5.41) is 13.0. The molecule has 0 unspecified atom stereocenters. The van der Waals surface area contributed by atoms with Crippen molar-refractivity contribution in [3.8, 4) is 5.75 Å². The van der Waals surface area contributed by atoms with Crippen LogP contribution in [0.15, 0.2) is 103 Å². The summed E-state index contributed by atoms with van der Waals surface area (Å²) in [6.07, 6.45) is -1.67. The van der Waals surface area contributed by atoms with Gasteiger partial charge in [0.1, 0.15) is 11.9 Å². The molecule has 0 aromatic heterocycles. The van der Waals surface area contributed by atoms with Crippen molar-refractivity contribution in [3.05, 3.63) is 136 Å². The molecule has 1 aliphatic rings. The highest BCUT2D eigenvalue weighted by Crippen LogP contribution is 2.56. The van der Waals surface area contributed by atoms with E-state index in [2.05, 4.69) is 0 Å². The Labute approximate surface area is 269 Å². The molecule has 1 N–H and O–H groups in total. The zero-order valence-electron chi connectivity index (χ0n) is 26.0. The van der Waals surface area contributed by atoms with Gasteiger partial charge in [0.2, 0.25) is 0 Å². The summed E-state index contributed by atoms with van der Waals surface area (Å²) in [6, 6.07) is 31.2. The molecule has 0 heterocycles. The molecule has 0 radical (unpaired) electrons. The average Bonchev–Trinajstić information content (AvgIpc) is 3.05. The molecule has 45 heavy (non-hydrogen) atoms. The number of aliphatic hydroxyl groups is 1. The van der Waals surface area contributed by atoms with E-state index in [1.165, 1.54) is 6.07 Å². The zero-order chi connectivity index (χ0) is 32.0. The van der Waals surface area contributed by atoms with Crippen LogP contribution in [0.2, 0.25) is 5.02 Å². The maximum Gasteiger partial charge on any atom is 0.286 e. The molecule has 5 atom stereocenters. The van der Waals surface area contributed by atoms with Crippen LogP contribution < -0.4 is 4.74 Å². The van der Waals surface area contributed by atoms with Gasteiger partial charge >= 0.3 is 0 Å². The first-order valence-corrected chi connectivity index (χ1v) is 16.0. The van der Waals surface area contributed by atoms with E-state index in [0.29, 0.717) is 23.6 Å². The molecule has 0 aliphatic heterocycles. The molecule has 7 heteroatoms. The normalized spacial score (nSPS) is 24.3. The van der Waals surface area contributed by atoms with Crippen molar-refractivity contribution in [1.29, 1.82) is 0 Å². The van der Waals surface area contributed by atoms with Crippen LogP contribution in [0.5, 0.6) is 5.75 Å². The van der Waals surface area contributed by atoms with Gasteiger partial charge in [0.15, 0.2) is 5.60 Å². The minimum atomic E-state index is -3.54. The van der Waals surface area contributed by atoms with E-state index in [1.54, 1.807) is 26.0 Å². The van der Waals surface area contributed by atoms with Crippen LogP contribution in [-0.4, -0.2) is 29.8 Å². The molecule has 1 saturated carbocycles. The highest BCUT2D eigenvalue weighted by molar-refractivity contribution is 6.31. The molecule has 4 aromatic carbocycles. The lowest BCUT2D eigenvalue weighted by molar-refractivity contribution is -0.331. The molecule has 238 valence electrons. The number of benzene rings is 4. The fourth-order valence-corrected chi connectivity index (χ4v) is 6.73. The molecule has 0 spiro atoms. The van der Waals surface area contributed by atoms with E-state index in [1.807, 2.05) is 91.9 Å². The SMILES string of the molecule is CCOc1ccc(Cc2cc([C@@]3(O)[C@H](OCc4ccccc4)[C@@H](OCc4ccccc4)[C@H](C)[C@@H](CC)C3(F)F)ccc2Cl)cc1. The highest BCUT2D eigenvalue weighted by Gasteiger charge is 2.70. The third-order valence-electron chi connectivity index (χ3n) is 8.95. The van der Waals surface area contributed by atoms with Crippen LogP contribution >= 0.6 is 11.6 Å². The number of ether oxygens (including phenoxy) is 3. The third kappa shape index (κ3) is 6.95. The van der Waals surface area contributed by atoms with E-state index in [0.717, 1.165) is 22.4 Å². The summed E-state index contributed by atoms with van der Waals surface area (Å²) in [6.45, 7) is 6.21. The lowest BCUT2D eigenvalue weighted by Crippen LogP contribution is -2.69. The number of alkyl halides is 2. The second-order valence-corrected chi connectivity index (χ2v) is 12.2. The van der Waals surface area contributed by atoms with Gasteiger partial charge in [-0.25, -0.2) is 8.78 Å². The fraction of sp³-hybridized carbons (Fsp3) is 0.368. The third-order valence-corrected chi connectivity index (χ3v) is 9.32. The fourth-order valence-electron chi connectivity index (χ4n) is 6.55. The molecule has 0 amide bonds. The van der Waals surface area contributed by atoms with Gasteiger partial charge in [0.25, 0.3) is 5.92 Å². The van der Waals surface area contributed by atoms with Gasteiger partial charge in [-0.15, -0.1) is 0 Å². The average molecular weight is 635 g/mol. The minimum Gasteiger partial charge on any atom is -0.494 e. The van der Waals surface area contributed by atoms with Gasteiger partial charge in [0, 0.05) is 10.9 Å². The first-order chi connectivity index (χ1) is 21.7. The zero-order valence-corrected chi connectivity index (χ0v) is 26.7. The predicted octanol–water partition coefficient (Wildman–Crippen LogP) is 9.00. The van der Waals surface area contributed by atoms with Gasteiger partial charge < -0.3 is 19.3 Å². The summed E-state index contributed by atoms with van der Waals surface area (Å²) in [4.78, 5) is 0. The molecular formula is C38H41ClF2O4. The van der Waals surface area contributed by atoms with Crippen molar-refractivity contribution in [2.75, 3.05) is 6.61 Å². The Bertz CT molecular complexity index is 1520. The number of rotatable bonds is 12. The van der Waals surface area contributed by atoms with Crippen molar-refractivity contribution in [1.82, 2.24) is 0 Å². The molecule has 4 nitrogen and oxygen atoms in total. The van der Waals surface area contributed by atoms with Crippen molar-refractivity contribution in [3.63, 3.8) is 0 Å². The van der Waals surface area contributed by atoms with Crippen LogP contribution in [0.4, 0.5) is 8.78 Å². The Hall–Kier alpha value is -3.29. The van der Waals surface area contributed by atoms with E-state index in [9.17, 15) is 5.11 Å². The van der Waals surface area contributed by atoms with Gasteiger partial charge in [-0.3, -0.25) is 0 Å². The maximum absolute atomic E-state index is 16.9. The lowest BCUT2D eigenvalue weighted by atomic mass is 9.62. The second kappa shape index (κ2) is 14.4. The van der Waals surface area contributed by atoms with Crippen molar-refractivity contribution in [2.24, 2.45) is 11.8 Å². The highest BCUT2D eigenvalue weighted by atomic mass is 35.5. The van der Waals surface area contributed by atoms with Crippen molar-refractivity contribution in [2.45, 2.75) is 70.6 Å². The second-order valence-electron chi connectivity index (χ2n) is 11.8. The Kier molecular flexibility index (Phi) is 10.6. The predicted molar refractivity (Wildman–Crippen MR) is 174 cm³/mol. The molecule has 1 fully saturated rings. The standard InChI is InChI=1S/C38H41ClF2O4/c1-4-33-26(3)35(44-24-28-12-8-6-9-13-28)36(45-25-29-14-10-7-11-15-29)37(42,38(33,40)41)31-18-21-34(39)30(23-31)22-27-16-19-32(20-17-27)43-5-2/h6-21,23,26,33,35-36,42H,4-5,22,24-25H2,1-3H3/t26-,33-,35+,36-,37-/m1/s1. The largest absolute Gasteiger partial charge is 0.494 e. The molecule has 5 rings (SSSR count). The minimum absolute atomic E-state index is 0.0330. The first-order valence-electron chi connectivity index (χ1n) is 15.6. The Balaban J connectivity index is 1.56. The molecule has 1 aliphatic carbocycles. The number of hydrogen-bond donors (Lipinski definition) is 1. The van der Waals surface area contributed by atoms with Gasteiger partial charge in [0.05, 0.1) is 25.9 Å². The quantitative estimate of drug-likeness (QED) is 0.169. The van der Waals surface area contributed by atoms with E-state index >= 15 is 8.78 Å². The monoisotopic (exact) mass is 634 g/mol. The van der Waals surface area contributed by atoms with E-state index in [-0.39, 0.29) is 25.2 Å². The lowest BCUT2D eigenvalue weighted by Gasteiger charge is -2.54. The molecule has 0 bridgehead atoms. The summed E-state index contributed by atoms with van der Waals surface area (Å²) in [5.41, 5.74) is 0.620. The Morgan fingerprint density at radius 1 is 0.778 bits per heavy atom. The molecular weight excluding hydrogens is 594 g/mol. The van der Waals surface area contributed by atoms with Crippen LogP contribution in [0.3, 0.4) is 0 Å². The van der Waals surface area contributed by atoms with Crippen LogP contribution in [0.1, 0.15) is 55.0 Å². The summed E-state index contributed by atoms with van der Waals surface area (Å²) < 4.78 is 52.2. The van der Waals surface area contributed by atoms with Gasteiger partial charge in [-0.2, -0.15) is 0 Å². The topological polar surface area (TPSA) is 47.9 Å². The van der Waals surface area contributed by atoms with Crippen LogP contribution in [0, 0.1) is 11.8 Å². The maximum atomic E-state index is 16.9. The molecule has 4 aromatic rings. The van der Waals surface area contributed by atoms with E-state index in [4.69, 9.17) is 25.8 Å². The number of halogens is 3. The van der Waals surface area contributed by atoms with Gasteiger partial charge in [-0.1, -0.05) is 110 Å². The van der Waals surface area contributed by atoms with Crippen molar-refractivity contribution >= 4 is 11.6 Å². The summed E-state index contributed by atoms with van der Waals surface area (Å²) >= 11 is 6.64. The number of hydrogen-bond acceptors (Lipinski definition) is 4. The Morgan fingerprint density at radius 2 is 1.38 bits per heavy atom. The van der Waals surface area contributed by atoms with Crippen LogP contribution in [-0.2, 0) is 34.7 Å². The molecule has 0 saturated heterocycles. The van der Waals surface area contributed by atoms with Crippen molar-refractivity contribution < 1.29 is 28.1 Å². The van der Waals surface area contributed by atoms with E-state index < -0.39 is 35.6 Å². The van der Waals surface area contributed by atoms with Gasteiger partial charge in [-0.05, 0) is 71.7 Å². The van der Waals surface area contributed by atoms with Crippen LogP contribution in [0.25, 0.3) is 0 Å². The Morgan fingerprint density at radius 3 is 1.96 bits per heavy atom.